The van der Waals surface area contributed by atoms with E-state index < -0.39 is 11.9 Å². The lowest BCUT2D eigenvalue weighted by Crippen LogP contribution is -2.29. The Kier molecular flexibility index (Phi) is 3.33. The molecule has 0 bridgehead atoms. The number of halogens is 1. The van der Waals surface area contributed by atoms with Gasteiger partial charge in [0.05, 0.1) is 5.92 Å². The van der Waals surface area contributed by atoms with Crippen LogP contribution in [0.2, 0.25) is 5.02 Å². The van der Waals surface area contributed by atoms with Crippen molar-refractivity contribution in [3.05, 3.63) is 34.9 Å². The highest BCUT2D eigenvalue weighted by Crippen LogP contribution is 2.19. The smallest absolute Gasteiger partial charge is 0.308 e. The molecule has 1 amide bonds. The molecule has 1 aliphatic rings. The van der Waals surface area contributed by atoms with E-state index in [2.05, 4.69) is 0 Å². The maximum Gasteiger partial charge on any atom is 0.308 e. The average molecular weight is 254 g/mol. The third kappa shape index (κ3) is 2.58. The van der Waals surface area contributed by atoms with Crippen molar-refractivity contribution in [2.24, 2.45) is 5.92 Å². The second-order valence-electron chi connectivity index (χ2n) is 4.08. The zero-order valence-electron chi connectivity index (χ0n) is 9.10. The highest BCUT2D eigenvalue weighted by molar-refractivity contribution is 6.30. The first-order valence-corrected chi connectivity index (χ1v) is 5.73. The molecule has 1 saturated heterocycles. The molecule has 90 valence electrons. The summed E-state index contributed by atoms with van der Waals surface area (Å²) in [6.07, 6.45) is 0.522. The van der Waals surface area contributed by atoms with Gasteiger partial charge in [-0.2, -0.15) is 0 Å². The van der Waals surface area contributed by atoms with Crippen molar-refractivity contribution >= 4 is 23.5 Å². The molecule has 5 heteroatoms. The number of likely N-dealkylation sites (tertiary alicyclic amines) is 1. The predicted molar refractivity (Wildman–Crippen MR) is 63.1 cm³/mol. The van der Waals surface area contributed by atoms with E-state index in [0.717, 1.165) is 0 Å². The summed E-state index contributed by atoms with van der Waals surface area (Å²) in [6.45, 7) is 0.787. The lowest BCUT2D eigenvalue weighted by Gasteiger charge is -2.15. The maximum atomic E-state index is 12.0. The molecule has 1 N–H and O–H groups in total. The van der Waals surface area contributed by atoms with Crippen LogP contribution in [0.1, 0.15) is 16.8 Å². The van der Waals surface area contributed by atoms with Gasteiger partial charge in [0, 0.05) is 23.7 Å². The number of aliphatic carboxylic acids is 1. The molecule has 2 rings (SSSR count). The Morgan fingerprint density at radius 2 is 1.94 bits per heavy atom. The molecule has 1 aromatic carbocycles. The van der Waals surface area contributed by atoms with Gasteiger partial charge in [0.15, 0.2) is 0 Å². The number of carbonyl (C=O) groups is 2. The molecular weight excluding hydrogens is 242 g/mol. The van der Waals surface area contributed by atoms with Crippen LogP contribution in [0.25, 0.3) is 0 Å². The summed E-state index contributed by atoms with van der Waals surface area (Å²) in [4.78, 5) is 24.4. The fourth-order valence-electron chi connectivity index (χ4n) is 1.92. The number of carboxylic acid groups (broad SMARTS) is 1. The number of carbonyl (C=O) groups excluding carboxylic acids is 1. The van der Waals surface area contributed by atoms with Crippen LogP contribution < -0.4 is 0 Å². The van der Waals surface area contributed by atoms with Gasteiger partial charge in [-0.05, 0) is 30.7 Å². The molecule has 0 spiro atoms. The number of amides is 1. The Labute approximate surface area is 104 Å². The van der Waals surface area contributed by atoms with Crippen molar-refractivity contribution < 1.29 is 14.7 Å². The largest absolute Gasteiger partial charge is 0.481 e. The quantitative estimate of drug-likeness (QED) is 0.876. The fraction of sp³-hybridized carbons (Fsp3) is 0.333. The van der Waals surface area contributed by atoms with Gasteiger partial charge in [-0.15, -0.1) is 0 Å². The summed E-state index contributed by atoms with van der Waals surface area (Å²) in [6, 6.07) is 6.61. The third-order valence-corrected chi connectivity index (χ3v) is 3.17. The molecule has 1 heterocycles. The molecule has 0 unspecified atom stereocenters. The number of benzene rings is 1. The van der Waals surface area contributed by atoms with E-state index in [9.17, 15) is 9.59 Å². The Hall–Kier alpha value is -1.55. The van der Waals surface area contributed by atoms with Crippen LogP contribution in [-0.4, -0.2) is 35.0 Å². The molecule has 0 aromatic heterocycles. The Morgan fingerprint density at radius 3 is 2.47 bits per heavy atom. The van der Waals surface area contributed by atoms with Crippen molar-refractivity contribution in [1.82, 2.24) is 4.90 Å². The minimum Gasteiger partial charge on any atom is -0.481 e. The average Bonchev–Trinajstić information content (AvgIpc) is 2.78. The number of carboxylic acids is 1. The van der Waals surface area contributed by atoms with E-state index in [1.807, 2.05) is 0 Å². The van der Waals surface area contributed by atoms with Gasteiger partial charge in [-0.3, -0.25) is 9.59 Å². The Morgan fingerprint density at radius 1 is 1.29 bits per heavy atom. The van der Waals surface area contributed by atoms with Gasteiger partial charge in [-0.1, -0.05) is 11.6 Å². The summed E-state index contributed by atoms with van der Waals surface area (Å²) >= 11 is 5.74. The molecule has 1 fully saturated rings. The highest BCUT2D eigenvalue weighted by atomic mass is 35.5. The molecular formula is C12H12ClNO3. The number of hydrogen-bond donors (Lipinski definition) is 1. The summed E-state index contributed by atoms with van der Waals surface area (Å²) in [5.74, 6) is -1.41. The van der Waals surface area contributed by atoms with E-state index >= 15 is 0 Å². The summed E-state index contributed by atoms with van der Waals surface area (Å²) < 4.78 is 0. The highest BCUT2D eigenvalue weighted by Gasteiger charge is 2.31. The number of hydrogen-bond acceptors (Lipinski definition) is 2. The molecule has 4 nitrogen and oxygen atoms in total. The molecule has 0 radical (unpaired) electrons. The number of rotatable bonds is 2. The standard InChI is InChI=1S/C12H12ClNO3/c13-10-3-1-8(2-4-10)11(15)14-6-5-9(7-14)12(16)17/h1-4,9H,5-7H2,(H,16,17)/t9-/m0/s1. The normalized spacial score (nSPS) is 19.4. The minimum absolute atomic E-state index is 0.134. The summed E-state index contributed by atoms with van der Waals surface area (Å²) in [5, 5.41) is 9.44. The van der Waals surface area contributed by atoms with Gasteiger partial charge in [-0.25, -0.2) is 0 Å². The van der Waals surface area contributed by atoms with E-state index in [-0.39, 0.29) is 12.5 Å². The molecule has 17 heavy (non-hydrogen) atoms. The molecule has 1 atom stereocenters. The summed E-state index contributed by atoms with van der Waals surface area (Å²) in [7, 11) is 0. The van der Waals surface area contributed by atoms with E-state index in [0.29, 0.717) is 23.6 Å². The van der Waals surface area contributed by atoms with Crippen molar-refractivity contribution in [2.75, 3.05) is 13.1 Å². The predicted octanol–water partition coefficient (Wildman–Crippen LogP) is 1.89. The van der Waals surface area contributed by atoms with Gasteiger partial charge in [0.2, 0.25) is 0 Å². The van der Waals surface area contributed by atoms with Crippen LogP contribution in [0.15, 0.2) is 24.3 Å². The van der Waals surface area contributed by atoms with Crippen molar-refractivity contribution in [3.8, 4) is 0 Å². The van der Waals surface area contributed by atoms with E-state index in [1.165, 1.54) is 0 Å². The van der Waals surface area contributed by atoms with Crippen molar-refractivity contribution in [1.29, 1.82) is 0 Å². The van der Waals surface area contributed by atoms with Crippen LogP contribution in [-0.2, 0) is 4.79 Å². The second kappa shape index (κ2) is 4.75. The fourth-order valence-corrected chi connectivity index (χ4v) is 2.05. The second-order valence-corrected chi connectivity index (χ2v) is 4.52. The first kappa shape index (κ1) is 11.9. The molecule has 1 aliphatic heterocycles. The minimum atomic E-state index is -0.837. The van der Waals surface area contributed by atoms with E-state index in [4.69, 9.17) is 16.7 Å². The zero-order valence-corrected chi connectivity index (χ0v) is 9.85. The lowest BCUT2D eigenvalue weighted by molar-refractivity contribution is -0.141. The van der Waals surface area contributed by atoms with Crippen molar-refractivity contribution in [2.45, 2.75) is 6.42 Å². The van der Waals surface area contributed by atoms with Gasteiger partial charge < -0.3 is 10.0 Å². The molecule has 1 aromatic rings. The maximum absolute atomic E-state index is 12.0. The van der Waals surface area contributed by atoms with Gasteiger partial charge in [0.1, 0.15) is 0 Å². The third-order valence-electron chi connectivity index (χ3n) is 2.92. The first-order valence-electron chi connectivity index (χ1n) is 5.35. The number of nitrogens with zero attached hydrogens (tertiary/aromatic N) is 1. The van der Waals surface area contributed by atoms with Crippen LogP contribution in [0, 0.1) is 5.92 Å². The van der Waals surface area contributed by atoms with E-state index in [1.54, 1.807) is 29.2 Å². The van der Waals surface area contributed by atoms with Gasteiger partial charge in [0.25, 0.3) is 5.91 Å². The van der Waals surface area contributed by atoms with Crippen LogP contribution in [0.5, 0.6) is 0 Å². The summed E-state index contributed by atoms with van der Waals surface area (Å²) in [5.41, 5.74) is 0.542. The first-order chi connectivity index (χ1) is 8.08. The topological polar surface area (TPSA) is 57.6 Å². The SMILES string of the molecule is O=C(O)[C@H]1CCN(C(=O)c2ccc(Cl)cc2)C1. The van der Waals surface area contributed by atoms with Crippen molar-refractivity contribution in [3.63, 3.8) is 0 Å². The van der Waals surface area contributed by atoms with Gasteiger partial charge >= 0.3 is 5.97 Å². The zero-order chi connectivity index (χ0) is 12.4. The molecule has 0 aliphatic carbocycles. The van der Waals surface area contributed by atoms with Crippen LogP contribution in [0.3, 0.4) is 0 Å². The van der Waals surface area contributed by atoms with Crippen LogP contribution in [0.4, 0.5) is 0 Å². The Bertz CT molecular complexity index is 444. The lowest BCUT2D eigenvalue weighted by atomic mass is 10.1. The Balaban J connectivity index is 2.07. The monoisotopic (exact) mass is 253 g/mol. The van der Waals surface area contributed by atoms with Crippen LogP contribution >= 0.6 is 11.6 Å². The molecule has 0 saturated carbocycles.